The number of aromatic nitrogens is 2. The van der Waals surface area contributed by atoms with E-state index in [1.54, 1.807) is 0 Å². The molecule has 1 aromatic heterocycles. The summed E-state index contributed by atoms with van der Waals surface area (Å²) >= 11 is 0.443. The van der Waals surface area contributed by atoms with Crippen molar-refractivity contribution in [1.82, 2.24) is 15.1 Å². The van der Waals surface area contributed by atoms with Crippen molar-refractivity contribution in [3.8, 4) is 0 Å². The van der Waals surface area contributed by atoms with Gasteiger partial charge in [0.05, 0.1) is 0 Å². The van der Waals surface area contributed by atoms with Crippen LogP contribution in [0.4, 0.5) is 35.9 Å². The highest BCUT2D eigenvalue weighted by Crippen LogP contribution is 2.38. The number of nitrogens with zero attached hydrogens (tertiary/aromatic N) is 3. The number of hydrogen-bond acceptors (Lipinski definition) is 5. The Hall–Kier alpha value is -1.69. The molecule has 1 aliphatic carbocycles. The average Bonchev–Trinajstić information content (AvgIpc) is 3.04. The van der Waals surface area contributed by atoms with E-state index in [-0.39, 0.29) is 11.2 Å². The summed E-state index contributed by atoms with van der Waals surface area (Å²) < 4.78 is 89.4. The van der Waals surface area contributed by atoms with Gasteiger partial charge in [-0.25, -0.2) is 4.39 Å². The van der Waals surface area contributed by atoms with E-state index in [0.717, 1.165) is 6.08 Å². The second kappa shape index (κ2) is 7.97. The van der Waals surface area contributed by atoms with Crippen LogP contribution in [0.1, 0.15) is 24.3 Å². The Bertz CT molecular complexity index is 745. The molecule has 1 aliphatic heterocycles. The molecular weight excluding hydrogens is 413 g/mol. The summed E-state index contributed by atoms with van der Waals surface area (Å²) in [6, 6.07) is -0.0764. The molecule has 0 radical (unpaired) electrons. The molecule has 0 amide bonds. The van der Waals surface area contributed by atoms with Crippen LogP contribution in [0, 0.1) is 5.92 Å². The van der Waals surface area contributed by atoms with Crippen LogP contribution in [0.5, 0.6) is 0 Å². The fourth-order valence-corrected chi connectivity index (χ4v) is 3.87. The van der Waals surface area contributed by atoms with Crippen molar-refractivity contribution >= 4 is 16.5 Å². The first-order valence-electron chi connectivity index (χ1n) is 8.55. The van der Waals surface area contributed by atoms with Crippen LogP contribution in [-0.2, 0) is 6.18 Å². The number of hydrogen-bond donors (Lipinski definition) is 1. The van der Waals surface area contributed by atoms with Gasteiger partial charge in [-0.3, -0.25) is 4.90 Å². The zero-order valence-corrected chi connectivity index (χ0v) is 15.3. The second-order valence-electron chi connectivity index (χ2n) is 6.74. The van der Waals surface area contributed by atoms with E-state index in [4.69, 9.17) is 0 Å². The number of likely N-dealkylation sites (tertiary alicyclic amines) is 1. The van der Waals surface area contributed by atoms with Gasteiger partial charge in [0.2, 0.25) is 10.1 Å². The van der Waals surface area contributed by atoms with Gasteiger partial charge in [0.15, 0.2) is 0 Å². The third-order valence-electron chi connectivity index (χ3n) is 4.66. The molecule has 156 valence electrons. The Morgan fingerprint density at radius 2 is 1.79 bits per heavy atom. The Morgan fingerprint density at radius 3 is 2.32 bits per heavy atom. The summed E-state index contributed by atoms with van der Waals surface area (Å²) in [6.07, 6.45) is -5.93. The molecule has 2 aliphatic rings. The molecule has 1 unspecified atom stereocenters. The molecule has 4 nitrogen and oxygen atoms in total. The molecule has 2 heterocycles. The number of allylic oxidation sites excluding steroid dienone is 2. The van der Waals surface area contributed by atoms with E-state index in [0.29, 0.717) is 49.4 Å². The van der Waals surface area contributed by atoms with E-state index in [9.17, 15) is 30.7 Å². The monoisotopic (exact) mass is 430 g/mol. The van der Waals surface area contributed by atoms with Gasteiger partial charge < -0.3 is 5.32 Å². The maximum absolute atomic E-state index is 13.7. The highest BCUT2D eigenvalue weighted by atomic mass is 32.1. The van der Waals surface area contributed by atoms with Gasteiger partial charge in [-0.15, -0.1) is 10.2 Å². The molecule has 3 rings (SSSR count). The van der Waals surface area contributed by atoms with Crippen molar-refractivity contribution < 1.29 is 30.7 Å². The van der Waals surface area contributed by atoms with Gasteiger partial charge >= 0.3 is 12.4 Å². The van der Waals surface area contributed by atoms with E-state index >= 15 is 0 Å². The van der Waals surface area contributed by atoms with Gasteiger partial charge in [0.1, 0.15) is 11.7 Å². The molecular formula is C16H17F7N4S. The standard InChI is InChI=1S/C16H17F7N4S/c17-12-7-9(1-2-11(12)15(18,19)20)8-27-5-3-10(4-6-27)24-14-26-25-13(28-14)16(21,22)23/h1,7,10-11H,2-6,8H2,(H,24,26). The maximum atomic E-state index is 13.7. The highest BCUT2D eigenvalue weighted by Gasteiger charge is 2.43. The predicted molar refractivity (Wildman–Crippen MR) is 89.4 cm³/mol. The van der Waals surface area contributed by atoms with Crippen molar-refractivity contribution in [2.24, 2.45) is 5.92 Å². The fourth-order valence-electron chi connectivity index (χ4n) is 3.18. The Kier molecular flexibility index (Phi) is 5.99. The summed E-state index contributed by atoms with van der Waals surface area (Å²) in [5, 5.41) is 8.64. The Labute approximate surface area is 160 Å². The molecule has 1 saturated heterocycles. The molecule has 1 atom stereocenters. The van der Waals surface area contributed by atoms with Gasteiger partial charge in [-0.2, -0.15) is 26.3 Å². The minimum Gasteiger partial charge on any atom is -0.357 e. The molecule has 1 N–H and O–H groups in total. The molecule has 28 heavy (non-hydrogen) atoms. The lowest BCUT2D eigenvalue weighted by atomic mass is 9.94. The third-order valence-corrected chi connectivity index (χ3v) is 5.56. The van der Waals surface area contributed by atoms with Crippen LogP contribution >= 0.6 is 11.3 Å². The van der Waals surface area contributed by atoms with Crippen LogP contribution in [0.15, 0.2) is 23.6 Å². The normalized spacial score (nSPS) is 22.8. The summed E-state index contributed by atoms with van der Waals surface area (Å²) in [5.74, 6) is -3.24. The second-order valence-corrected chi connectivity index (χ2v) is 7.72. The molecule has 12 heteroatoms. The van der Waals surface area contributed by atoms with Crippen LogP contribution in [-0.4, -0.2) is 46.9 Å². The Morgan fingerprint density at radius 1 is 1.11 bits per heavy atom. The molecule has 0 saturated carbocycles. The lowest BCUT2D eigenvalue weighted by Gasteiger charge is -2.33. The van der Waals surface area contributed by atoms with Crippen molar-refractivity contribution in [3.63, 3.8) is 0 Å². The first kappa shape index (κ1) is 21.0. The Balaban J connectivity index is 1.47. The maximum Gasteiger partial charge on any atom is 0.445 e. The van der Waals surface area contributed by atoms with Gasteiger partial charge in [-0.1, -0.05) is 17.4 Å². The average molecular weight is 430 g/mol. The topological polar surface area (TPSA) is 41.0 Å². The number of halogens is 7. The predicted octanol–water partition coefficient (Wildman–Crippen LogP) is 4.80. The van der Waals surface area contributed by atoms with Crippen molar-refractivity contribution in [3.05, 3.63) is 28.6 Å². The highest BCUT2D eigenvalue weighted by molar-refractivity contribution is 7.15. The smallest absolute Gasteiger partial charge is 0.357 e. The zero-order valence-electron chi connectivity index (χ0n) is 14.4. The lowest BCUT2D eigenvalue weighted by Crippen LogP contribution is -2.40. The fraction of sp³-hybridized carbons (Fsp3) is 0.625. The van der Waals surface area contributed by atoms with E-state index in [1.807, 2.05) is 4.90 Å². The van der Waals surface area contributed by atoms with Crippen molar-refractivity contribution in [1.29, 1.82) is 0 Å². The third kappa shape index (κ3) is 5.22. The van der Waals surface area contributed by atoms with Crippen molar-refractivity contribution in [2.75, 3.05) is 25.0 Å². The summed E-state index contributed by atoms with van der Waals surface area (Å²) in [6.45, 7) is 1.50. The number of anilines is 1. The first-order valence-corrected chi connectivity index (χ1v) is 9.36. The van der Waals surface area contributed by atoms with Gasteiger partial charge in [0.25, 0.3) is 0 Å². The number of alkyl halides is 6. The molecule has 1 fully saturated rings. The van der Waals surface area contributed by atoms with Gasteiger partial charge in [-0.05, 0) is 30.9 Å². The minimum absolute atomic E-state index is 0.0764. The largest absolute Gasteiger partial charge is 0.445 e. The van der Waals surface area contributed by atoms with E-state index < -0.39 is 35.5 Å². The minimum atomic E-state index is -4.59. The summed E-state index contributed by atoms with van der Waals surface area (Å²) in [7, 11) is 0. The SMILES string of the molecule is FC1=CC(CN2CCC(Nc3nnc(C(F)(F)F)s3)CC2)=CCC1C(F)(F)F. The number of rotatable bonds is 4. The van der Waals surface area contributed by atoms with E-state index in [2.05, 4.69) is 15.5 Å². The number of nitrogens with one attached hydrogen (secondary N) is 1. The van der Waals surface area contributed by atoms with Crippen LogP contribution < -0.4 is 5.32 Å². The molecule has 0 spiro atoms. The van der Waals surface area contributed by atoms with Crippen LogP contribution in [0.25, 0.3) is 0 Å². The lowest BCUT2D eigenvalue weighted by molar-refractivity contribution is -0.167. The van der Waals surface area contributed by atoms with Crippen molar-refractivity contribution in [2.45, 2.75) is 37.7 Å². The quantitative estimate of drug-likeness (QED) is 0.698. The summed E-state index contributed by atoms with van der Waals surface area (Å²) in [4.78, 5) is 1.98. The number of piperidine rings is 1. The van der Waals surface area contributed by atoms with Gasteiger partial charge in [0, 0.05) is 25.7 Å². The first-order chi connectivity index (χ1) is 13.0. The molecule has 0 aromatic carbocycles. The van der Waals surface area contributed by atoms with Crippen LogP contribution in [0.2, 0.25) is 0 Å². The molecule has 1 aromatic rings. The van der Waals surface area contributed by atoms with E-state index in [1.165, 1.54) is 6.08 Å². The van der Waals surface area contributed by atoms with Crippen LogP contribution in [0.3, 0.4) is 0 Å². The zero-order chi connectivity index (χ0) is 20.5. The molecule has 0 bridgehead atoms. The summed E-state index contributed by atoms with van der Waals surface area (Å²) in [5.41, 5.74) is 0.503.